The Kier molecular flexibility index (Phi) is 6.65. The highest BCUT2D eigenvalue weighted by Crippen LogP contribution is 2.32. The van der Waals surface area contributed by atoms with Gasteiger partial charge in [-0.05, 0) is 65.0 Å². The Labute approximate surface area is 178 Å². The average molecular weight is 416 g/mol. The quantitative estimate of drug-likeness (QED) is 0.609. The molecular weight excluding hydrogens is 382 g/mol. The summed E-state index contributed by atoms with van der Waals surface area (Å²) in [5.74, 6) is -0.329. The van der Waals surface area contributed by atoms with Gasteiger partial charge in [0.1, 0.15) is 11.7 Å². The van der Waals surface area contributed by atoms with E-state index in [2.05, 4.69) is 20.9 Å². The number of anilines is 1. The molecule has 8 heteroatoms. The van der Waals surface area contributed by atoms with Crippen LogP contribution in [0, 0.1) is 6.92 Å². The summed E-state index contributed by atoms with van der Waals surface area (Å²) in [6, 6.07) is 5.15. The first-order chi connectivity index (χ1) is 14.2. The number of nitrogens with zero attached hydrogens (tertiary/aromatic N) is 2. The second kappa shape index (κ2) is 9.04. The zero-order valence-corrected chi connectivity index (χ0v) is 18.4. The van der Waals surface area contributed by atoms with Crippen molar-refractivity contribution >= 4 is 23.4 Å². The number of carbonyl (C=O) groups excluding carboxylic acids is 3. The van der Waals surface area contributed by atoms with Crippen molar-refractivity contribution < 1.29 is 14.4 Å². The molecule has 1 fully saturated rings. The van der Waals surface area contributed by atoms with Crippen LogP contribution >= 0.6 is 0 Å². The summed E-state index contributed by atoms with van der Waals surface area (Å²) in [6.07, 6.45) is 2.15. The lowest BCUT2D eigenvalue weighted by Gasteiger charge is -2.40. The molecule has 30 heavy (non-hydrogen) atoms. The van der Waals surface area contributed by atoms with Crippen LogP contribution in [0.1, 0.15) is 48.5 Å². The van der Waals surface area contributed by atoms with Gasteiger partial charge in [-0.25, -0.2) is 0 Å². The van der Waals surface area contributed by atoms with Crippen molar-refractivity contribution in [2.45, 2.75) is 51.2 Å². The number of nitrogens with one attached hydrogen (secondary N) is 3. The maximum atomic E-state index is 12.8. The lowest BCUT2D eigenvalue weighted by atomic mass is 9.94. The molecule has 8 nitrogen and oxygen atoms in total. The zero-order chi connectivity index (χ0) is 21.9. The molecule has 0 aromatic heterocycles. The summed E-state index contributed by atoms with van der Waals surface area (Å²) in [6.45, 7) is 5.63. The van der Waals surface area contributed by atoms with Crippen LogP contribution in [0.3, 0.4) is 0 Å². The van der Waals surface area contributed by atoms with Gasteiger partial charge in [0, 0.05) is 31.6 Å². The molecule has 0 unspecified atom stereocenters. The summed E-state index contributed by atoms with van der Waals surface area (Å²) in [5, 5.41) is 9.47. The van der Waals surface area contributed by atoms with Crippen LogP contribution in [0.15, 0.2) is 18.2 Å². The van der Waals surface area contributed by atoms with E-state index in [0.29, 0.717) is 31.5 Å². The minimum absolute atomic E-state index is 0.0612. The van der Waals surface area contributed by atoms with E-state index >= 15 is 0 Å². The Morgan fingerprint density at radius 1 is 1.27 bits per heavy atom. The summed E-state index contributed by atoms with van der Waals surface area (Å²) in [5.41, 5.74) is 1.80. The Balaban J connectivity index is 1.65. The molecule has 1 aromatic rings. The molecule has 0 saturated carbocycles. The Bertz CT molecular complexity index is 825. The smallest absolute Gasteiger partial charge is 0.255 e. The standard InChI is InChI=1S/C22H33N5O3/c1-15-6-7-17-18(14-15)24-22(25-21(17)30)9-8-19(28)27(13-10-22)16(2)20(29)23-11-5-12-26(3)4/h6-7,14,16,24H,5,8-13H2,1-4H3,(H,23,29)(H,25,30)/t16-,22-/m1/s1. The van der Waals surface area contributed by atoms with Crippen LogP contribution in [-0.4, -0.2) is 73.0 Å². The monoisotopic (exact) mass is 415 g/mol. The SMILES string of the molecule is Cc1ccc2c(c1)N[C@]1(CCC(=O)N([C@H](C)C(=O)NCCCN(C)C)CC1)NC2=O. The highest BCUT2D eigenvalue weighted by atomic mass is 16.2. The van der Waals surface area contributed by atoms with Crippen molar-refractivity contribution in [2.24, 2.45) is 0 Å². The molecule has 0 aliphatic carbocycles. The second-order valence-corrected chi connectivity index (χ2v) is 8.67. The third-order valence-corrected chi connectivity index (χ3v) is 5.94. The first kappa shape index (κ1) is 22.1. The molecule has 1 saturated heterocycles. The molecule has 3 amide bonds. The van der Waals surface area contributed by atoms with Crippen LogP contribution < -0.4 is 16.0 Å². The second-order valence-electron chi connectivity index (χ2n) is 8.67. The van der Waals surface area contributed by atoms with E-state index in [1.807, 2.05) is 39.2 Å². The molecule has 0 bridgehead atoms. The molecule has 2 aliphatic rings. The molecule has 1 aromatic carbocycles. The van der Waals surface area contributed by atoms with Crippen molar-refractivity contribution in [3.05, 3.63) is 29.3 Å². The van der Waals surface area contributed by atoms with E-state index in [4.69, 9.17) is 0 Å². The van der Waals surface area contributed by atoms with Gasteiger partial charge >= 0.3 is 0 Å². The van der Waals surface area contributed by atoms with E-state index in [9.17, 15) is 14.4 Å². The van der Waals surface area contributed by atoms with Crippen LogP contribution in [0.5, 0.6) is 0 Å². The Hall–Kier alpha value is -2.61. The fourth-order valence-electron chi connectivity index (χ4n) is 4.11. The third kappa shape index (κ3) is 4.92. The lowest BCUT2D eigenvalue weighted by Crippen LogP contribution is -2.58. The fourth-order valence-corrected chi connectivity index (χ4v) is 4.11. The topological polar surface area (TPSA) is 93.8 Å². The number of carbonyl (C=O) groups is 3. The molecule has 3 rings (SSSR count). The van der Waals surface area contributed by atoms with Crippen LogP contribution in [0.2, 0.25) is 0 Å². The van der Waals surface area contributed by atoms with Gasteiger partial charge < -0.3 is 25.8 Å². The van der Waals surface area contributed by atoms with Crippen molar-refractivity contribution in [3.63, 3.8) is 0 Å². The lowest BCUT2D eigenvalue weighted by molar-refractivity contribution is -0.139. The summed E-state index contributed by atoms with van der Waals surface area (Å²) < 4.78 is 0. The number of fused-ring (bicyclic) bond motifs is 1. The number of hydrogen-bond donors (Lipinski definition) is 3. The van der Waals surface area contributed by atoms with E-state index in [0.717, 1.165) is 24.2 Å². The number of likely N-dealkylation sites (tertiary alicyclic amines) is 1. The normalized spacial score (nSPS) is 22.2. The van der Waals surface area contributed by atoms with Gasteiger partial charge in [0.2, 0.25) is 11.8 Å². The first-order valence-corrected chi connectivity index (χ1v) is 10.6. The maximum absolute atomic E-state index is 12.8. The maximum Gasteiger partial charge on any atom is 0.255 e. The van der Waals surface area contributed by atoms with Crippen LogP contribution in [0.25, 0.3) is 0 Å². The summed E-state index contributed by atoms with van der Waals surface area (Å²) >= 11 is 0. The largest absolute Gasteiger partial charge is 0.362 e. The van der Waals surface area contributed by atoms with Gasteiger partial charge in [-0.1, -0.05) is 6.07 Å². The van der Waals surface area contributed by atoms with Gasteiger partial charge in [-0.15, -0.1) is 0 Å². The van der Waals surface area contributed by atoms with Gasteiger partial charge in [0.05, 0.1) is 5.56 Å². The average Bonchev–Trinajstić information content (AvgIpc) is 2.83. The minimum Gasteiger partial charge on any atom is -0.362 e. The molecule has 2 heterocycles. The molecule has 164 valence electrons. The van der Waals surface area contributed by atoms with Crippen molar-refractivity contribution in [3.8, 4) is 0 Å². The first-order valence-electron chi connectivity index (χ1n) is 10.6. The predicted octanol–water partition coefficient (Wildman–Crippen LogP) is 1.32. The molecular formula is C22H33N5O3. The molecule has 0 radical (unpaired) electrons. The van der Waals surface area contributed by atoms with Crippen molar-refractivity contribution in [2.75, 3.05) is 39.0 Å². The van der Waals surface area contributed by atoms with E-state index in [1.54, 1.807) is 11.8 Å². The van der Waals surface area contributed by atoms with E-state index in [-0.39, 0.29) is 24.1 Å². The fraction of sp³-hybridized carbons (Fsp3) is 0.591. The molecule has 3 N–H and O–H groups in total. The number of rotatable bonds is 6. The van der Waals surface area contributed by atoms with Crippen molar-refractivity contribution in [1.82, 2.24) is 20.4 Å². The number of benzene rings is 1. The molecule has 2 atom stereocenters. The van der Waals surface area contributed by atoms with Crippen LogP contribution in [-0.2, 0) is 9.59 Å². The summed E-state index contributed by atoms with van der Waals surface area (Å²) in [7, 11) is 3.99. The van der Waals surface area contributed by atoms with E-state index < -0.39 is 11.7 Å². The van der Waals surface area contributed by atoms with Crippen LogP contribution in [0.4, 0.5) is 5.69 Å². The van der Waals surface area contributed by atoms with Gasteiger partial charge in [-0.2, -0.15) is 0 Å². The zero-order valence-electron chi connectivity index (χ0n) is 18.4. The Morgan fingerprint density at radius 2 is 2.03 bits per heavy atom. The van der Waals surface area contributed by atoms with Gasteiger partial charge in [0.15, 0.2) is 0 Å². The molecule has 2 aliphatic heterocycles. The predicted molar refractivity (Wildman–Crippen MR) is 116 cm³/mol. The Morgan fingerprint density at radius 3 is 2.77 bits per heavy atom. The molecule has 1 spiro atoms. The van der Waals surface area contributed by atoms with Crippen molar-refractivity contribution in [1.29, 1.82) is 0 Å². The number of aryl methyl sites for hydroxylation is 1. The number of hydrogen-bond acceptors (Lipinski definition) is 5. The minimum atomic E-state index is -0.676. The van der Waals surface area contributed by atoms with Gasteiger partial charge in [-0.3, -0.25) is 14.4 Å². The van der Waals surface area contributed by atoms with E-state index in [1.165, 1.54) is 0 Å². The number of amides is 3. The summed E-state index contributed by atoms with van der Waals surface area (Å²) in [4.78, 5) is 41.7. The van der Waals surface area contributed by atoms with Gasteiger partial charge in [0.25, 0.3) is 5.91 Å². The highest BCUT2D eigenvalue weighted by Gasteiger charge is 2.41. The highest BCUT2D eigenvalue weighted by molar-refractivity contribution is 6.02. The third-order valence-electron chi connectivity index (χ3n) is 5.94.